The van der Waals surface area contributed by atoms with Crippen LogP contribution in [0.25, 0.3) is 6.08 Å². The van der Waals surface area contributed by atoms with E-state index in [1.807, 2.05) is 62.4 Å². The summed E-state index contributed by atoms with van der Waals surface area (Å²) < 4.78 is 11.4. The van der Waals surface area contributed by atoms with Gasteiger partial charge in [0, 0.05) is 11.6 Å². The van der Waals surface area contributed by atoms with E-state index in [1.54, 1.807) is 6.07 Å². The number of benzene rings is 2. The van der Waals surface area contributed by atoms with Crippen molar-refractivity contribution < 1.29 is 19.1 Å². The summed E-state index contributed by atoms with van der Waals surface area (Å²) in [5.74, 6) is 1.14. The summed E-state index contributed by atoms with van der Waals surface area (Å²) in [6.07, 6.45) is 4.74. The molecule has 1 aliphatic rings. The number of ether oxygens (including phenoxy) is 2. The molecule has 152 valence electrons. The van der Waals surface area contributed by atoms with E-state index in [2.05, 4.69) is 5.32 Å². The predicted molar refractivity (Wildman–Crippen MR) is 114 cm³/mol. The van der Waals surface area contributed by atoms with Gasteiger partial charge in [-0.15, -0.1) is 0 Å². The van der Waals surface area contributed by atoms with Gasteiger partial charge in [-0.25, -0.2) is 0 Å². The normalized spacial score (nSPS) is 17.8. The molecule has 2 aromatic rings. The average molecular weight is 393 g/mol. The molecule has 5 heteroatoms. The molecule has 0 aromatic heterocycles. The molecule has 1 amide bonds. The molecule has 1 atom stereocenters. The molecule has 2 aromatic carbocycles. The molecule has 1 saturated carbocycles. The quantitative estimate of drug-likeness (QED) is 0.681. The Morgan fingerprint density at radius 2 is 1.93 bits per heavy atom. The Morgan fingerprint density at radius 3 is 2.69 bits per heavy atom. The topological polar surface area (TPSA) is 64.6 Å². The molecule has 0 heterocycles. The van der Waals surface area contributed by atoms with Crippen molar-refractivity contribution in [1.82, 2.24) is 0 Å². The zero-order valence-corrected chi connectivity index (χ0v) is 16.9. The summed E-state index contributed by atoms with van der Waals surface area (Å²) in [7, 11) is 0. The average Bonchev–Trinajstić information content (AvgIpc) is 2.72. The van der Waals surface area contributed by atoms with Crippen LogP contribution in [-0.2, 0) is 9.59 Å². The van der Waals surface area contributed by atoms with Crippen LogP contribution in [0.4, 0.5) is 5.69 Å². The van der Waals surface area contributed by atoms with Gasteiger partial charge in [0.25, 0.3) is 5.91 Å². The molecular formula is C24H27NO4. The minimum Gasteiger partial charge on any atom is -0.490 e. The monoisotopic (exact) mass is 393 g/mol. The Labute approximate surface area is 171 Å². The van der Waals surface area contributed by atoms with Gasteiger partial charge in [0.1, 0.15) is 0 Å². The third-order valence-corrected chi connectivity index (χ3v) is 4.87. The number of hydrogen-bond acceptors (Lipinski definition) is 4. The highest BCUT2D eigenvalue weighted by Crippen LogP contribution is 2.31. The number of amides is 1. The summed E-state index contributed by atoms with van der Waals surface area (Å²) in [6, 6.07) is 14.8. The van der Waals surface area contributed by atoms with Crippen LogP contribution >= 0.6 is 0 Å². The zero-order valence-electron chi connectivity index (χ0n) is 16.9. The van der Waals surface area contributed by atoms with Gasteiger partial charge in [-0.1, -0.05) is 31.2 Å². The van der Waals surface area contributed by atoms with Crippen LogP contribution in [0.15, 0.2) is 54.1 Å². The van der Waals surface area contributed by atoms with Gasteiger partial charge in [-0.2, -0.15) is 0 Å². The maximum Gasteiger partial charge on any atom is 0.262 e. The van der Waals surface area contributed by atoms with Crippen molar-refractivity contribution in [3.05, 3.63) is 59.7 Å². The van der Waals surface area contributed by atoms with Crippen LogP contribution in [0.1, 0.15) is 38.7 Å². The third kappa shape index (κ3) is 5.70. The van der Waals surface area contributed by atoms with Gasteiger partial charge >= 0.3 is 0 Å². The summed E-state index contributed by atoms with van der Waals surface area (Å²) in [5.41, 5.74) is 2.48. The summed E-state index contributed by atoms with van der Waals surface area (Å²) in [4.78, 5) is 24.5. The molecule has 0 radical (unpaired) electrons. The van der Waals surface area contributed by atoms with Crippen molar-refractivity contribution in [2.75, 3.05) is 18.5 Å². The second-order valence-electron chi connectivity index (χ2n) is 7.17. The van der Waals surface area contributed by atoms with Crippen LogP contribution in [-0.4, -0.2) is 24.9 Å². The van der Waals surface area contributed by atoms with Crippen molar-refractivity contribution in [2.24, 2.45) is 5.92 Å². The van der Waals surface area contributed by atoms with Gasteiger partial charge in [-0.05, 0) is 67.7 Å². The molecule has 0 bridgehead atoms. The van der Waals surface area contributed by atoms with E-state index in [1.165, 1.54) is 0 Å². The molecule has 1 aliphatic carbocycles. The number of ketones is 1. The first-order valence-corrected chi connectivity index (χ1v) is 10.1. The number of Topliss-reactive ketones (excluding diaryl/α,β-unsaturated/α-hetero) is 1. The van der Waals surface area contributed by atoms with Crippen LogP contribution in [0.5, 0.6) is 11.5 Å². The van der Waals surface area contributed by atoms with Gasteiger partial charge in [-0.3, -0.25) is 9.59 Å². The molecule has 1 fully saturated rings. The molecule has 5 nitrogen and oxygen atoms in total. The van der Waals surface area contributed by atoms with Gasteiger partial charge in [0.2, 0.25) is 0 Å². The fourth-order valence-corrected chi connectivity index (χ4v) is 3.38. The number of carbonyl (C=O) groups excluding carboxylic acids is 2. The van der Waals surface area contributed by atoms with Crippen LogP contribution in [0, 0.1) is 5.92 Å². The van der Waals surface area contributed by atoms with Crippen molar-refractivity contribution in [3.8, 4) is 11.5 Å². The van der Waals surface area contributed by atoms with Gasteiger partial charge in [0.15, 0.2) is 23.9 Å². The minimum absolute atomic E-state index is 0.0899. The van der Waals surface area contributed by atoms with Crippen LogP contribution in [0.2, 0.25) is 0 Å². The molecule has 0 spiro atoms. The van der Waals surface area contributed by atoms with E-state index >= 15 is 0 Å². The zero-order chi connectivity index (χ0) is 20.6. The molecule has 0 saturated heterocycles. The second kappa shape index (κ2) is 9.92. The highest BCUT2D eigenvalue weighted by atomic mass is 16.5. The van der Waals surface area contributed by atoms with E-state index in [9.17, 15) is 9.59 Å². The van der Waals surface area contributed by atoms with Crippen LogP contribution < -0.4 is 14.8 Å². The number of rotatable bonds is 7. The Bertz CT molecular complexity index is 889. The first-order chi connectivity index (χ1) is 14.1. The van der Waals surface area contributed by atoms with Crippen molar-refractivity contribution in [3.63, 3.8) is 0 Å². The molecule has 1 N–H and O–H groups in total. The lowest BCUT2D eigenvalue weighted by Crippen LogP contribution is -2.20. The molecule has 0 aliphatic heterocycles. The first kappa shape index (κ1) is 20.6. The Balaban J connectivity index is 1.69. The first-order valence-electron chi connectivity index (χ1n) is 10.1. The Hall–Kier alpha value is -3.08. The van der Waals surface area contributed by atoms with E-state index in [0.29, 0.717) is 18.1 Å². The maximum absolute atomic E-state index is 12.4. The van der Waals surface area contributed by atoms with Gasteiger partial charge < -0.3 is 14.8 Å². The van der Waals surface area contributed by atoms with Crippen molar-refractivity contribution >= 4 is 23.5 Å². The highest BCUT2D eigenvalue weighted by Gasteiger charge is 2.22. The lowest BCUT2D eigenvalue weighted by Gasteiger charge is -2.19. The Kier molecular flexibility index (Phi) is 7.06. The predicted octanol–water partition coefficient (Wildman–Crippen LogP) is 4.88. The number of anilines is 1. The summed E-state index contributed by atoms with van der Waals surface area (Å²) in [5, 5.41) is 2.79. The van der Waals surface area contributed by atoms with Crippen molar-refractivity contribution in [2.45, 2.75) is 33.1 Å². The maximum atomic E-state index is 12.4. The largest absolute Gasteiger partial charge is 0.490 e. The van der Waals surface area contributed by atoms with Gasteiger partial charge in [0.05, 0.1) is 6.61 Å². The van der Waals surface area contributed by atoms with E-state index < -0.39 is 0 Å². The molecule has 29 heavy (non-hydrogen) atoms. The summed E-state index contributed by atoms with van der Waals surface area (Å²) in [6.45, 7) is 4.23. The molecule has 0 unspecified atom stereocenters. The fraction of sp³-hybridized carbons (Fsp3) is 0.333. The lowest BCUT2D eigenvalue weighted by molar-refractivity contribution is -0.120. The second-order valence-corrected chi connectivity index (χ2v) is 7.17. The molecule has 3 rings (SSSR count). The Morgan fingerprint density at radius 1 is 1.14 bits per heavy atom. The SMILES string of the molecule is CCOc1cc(/C=C2\CCC[C@H](C)C2=O)ccc1OCC(=O)Nc1ccccc1. The van der Waals surface area contributed by atoms with Crippen molar-refractivity contribution in [1.29, 1.82) is 0 Å². The number of hydrogen-bond donors (Lipinski definition) is 1. The number of nitrogens with one attached hydrogen (secondary N) is 1. The van der Waals surface area contributed by atoms with E-state index in [-0.39, 0.29) is 24.2 Å². The smallest absolute Gasteiger partial charge is 0.262 e. The molecular weight excluding hydrogens is 366 g/mol. The third-order valence-electron chi connectivity index (χ3n) is 4.87. The number of para-hydroxylation sites is 1. The van der Waals surface area contributed by atoms with Crippen LogP contribution in [0.3, 0.4) is 0 Å². The highest BCUT2D eigenvalue weighted by molar-refractivity contribution is 6.01. The standard InChI is InChI=1S/C24H27NO4/c1-3-28-22-15-18(14-19-9-7-8-17(2)24(19)27)12-13-21(22)29-16-23(26)25-20-10-5-4-6-11-20/h4-6,10-15,17H,3,7-9,16H2,1-2H3,(H,25,26)/b19-14+/t17-/m0/s1. The minimum atomic E-state index is -0.244. The summed E-state index contributed by atoms with van der Waals surface area (Å²) >= 11 is 0. The van der Waals surface area contributed by atoms with E-state index in [0.717, 1.165) is 36.1 Å². The number of carbonyl (C=O) groups is 2. The fourth-order valence-electron chi connectivity index (χ4n) is 3.38. The number of allylic oxidation sites excluding steroid dienone is 1. The lowest BCUT2D eigenvalue weighted by atomic mass is 9.84. The van der Waals surface area contributed by atoms with E-state index in [4.69, 9.17) is 9.47 Å².